The minimum atomic E-state index is -4.43. The molecule has 2 rings (SSSR count). The van der Waals surface area contributed by atoms with Crippen molar-refractivity contribution < 1.29 is 13.2 Å². The zero-order chi connectivity index (χ0) is 11.9. The summed E-state index contributed by atoms with van der Waals surface area (Å²) in [5.41, 5.74) is -0.512. The molecule has 4 nitrogen and oxygen atoms in total. The van der Waals surface area contributed by atoms with Gasteiger partial charge in [0.15, 0.2) is 11.5 Å². The van der Waals surface area contributed by atoms with E-state index in [1.807, 2.05) is 0 Å². The second kappa shape index (κ2) is 3.36. The number of hydrogen-bond donors (Lipinski definition) is 0. The largest absolute Gasteiger partial charge is 0.435 e. The van der Waals surface area contributed by atoms with Gasteiger partial charge in [-0.3, -0.25) is 0 Å². The molecule has 0 atom stereocenters. The first kappa shape index (κ1) is 10.7. The summed E-state index contributed by atoms with van der Waals surface area (Å²) in [7, 11) is 1.74. The van der Waals surface area contributed by atoms with E-state index in [0.717, 1.165) is 6.07 Å². The summed E-state index contributed by atoms with van der Waals surface area (Å²) >= 11 is 0. The molecule has 0 aliphatic carbocycles. The fourth-order valence-electron chi connectivity index (χ4n) is 1.35. The van der Waals surface area contributed by atoms with Crippen LogP contribution in [-0.4, -0.2) is 19.3 Å². The Balaban J connectivity index is 2.47. The Morgan fingerprint density at radius 1 is 1.31 bits per heavy atom. The highest BCUT2D eigenvalue weighted by Gasteiger charge is 2.34. The smallest absolute Gasteiger partial charge is 0.338 e. The van der Waals surface area contributed by atoms with E-state index < -0.39 is 11.9 Å². The molecular formula is C9H9F3N4. The minimum absolute atomic E-state index is 0.371. The maximum atomic E-state index is 12.4. The second-order valence-corrected chi connectivity index (χ2v) is 3.48. The number of hydrogen-bond acceptors (Lipinski definition) is 2. The summed E-state index contributed by atoms with van der Waals surface area (Å²) in [5, 5.41) is 3.48. The molecule has 0 unspecified atom stereocenters. The van der Waals surface area contributed by atoms with Gasteiger partial charge in [0.1, 0.15) is 0 Å². The SMILES string of the molecule is Cc1cc(C(F)(F)F)nn1-c1cn(C)cn1. The summed E-state index contributed by atoms with van der Waals surface area (Å²) < 4.78 is 40.0. The lowest BCUT2D eigenvalue weighted by atomic mass is 10.4. The average molecular weight is 230 g/mol. The highest BCUT2D eigenvalue weighted by atomic mass is 19.4. The van der Waals surface area contributed by atoms with Crippen molar-refractivity contribution in [2.45, 2.75) is 13.1 Å². The third-order valence-electron chi connectivity index (χ3n) is 2.09. The maximum absolute atomic E-state index is 12.4. The van der Waals surface area contributed by atoms with Crippen LogP contribution < -0.4 is 0 Å². The van der Waals surface area contributed by atoms with Crippen LogP contribution in [0.5, 0.6) is 0 Å². The van der Waals surface area contributed by atoms with E-state index >= 15 is 0 Å². The lowest BCUT2D eigenvalue weighted by Crippen LogP contribution is -2.07. The topological polar surface area (TPSA) is 35.6 Å². The Kier molecular flexibility index (Phi) is 2.25. The predicted molar refractivity (Wildman–Crippen MR) is 50.1 cm³/mol. The number of rotatable bonds is 1. The molecule has 0 spiro atoms. The van der Waals surface area contributed by atoms with Crippen molar-refractivity contribution in [3.05, 3.63) is 30.0 Å². The molecule has 0 N–H and O–H groups in total. The highest BCUT2D eigenvalue weighted by Crippen LogP contribution is 2.28. The molecule has 0 radical (unpaired) electrons. The van der Waals surface area contributed by atoms with E-state index in [-0.39, 0.29) is 0 Å². The predicted octanol–water partition coefficient (Wildman–Crippen LogP) is 1.93. The standard InChI is InChI=1S/C9H9F3N4/c1-6-3-7(9(10,11)12)14-16(6)8-4-15(2)5-13-8/h3-5H,1-2H3. The monoisotopic (exact) mass is 230 g/mol. The Labute approximate surface area is 89.3 Å². The number of aryl methyl sites for hydroxylation is 2. The molecule has 0 aliphatic heterocycles. The number of alkyl halides is 3. The van der Waals surface area contributed by atoms with Gasteiger partial charge < -0.3 is 4.57 Å². The van der Waals surface area contributed by atoms with Crippen LogP contribution in [0, 0.1) is 6.92 Å². The van der Waals surface area contributed by atoms with Gasteiger partial charge in [0.05, 0.1) is 6.33 Å². The lowest BCUT2D eigenvalue weighted by molar-refractivity contribution is -0.141. The first-order valence-corrected chi connectivity index (χ1v) is 4.50. The molecule has 0 bridgehead atoms. The molecule has 86 valence electrons. The van der Waals surface area contributed by atoms with E-state index in [1.54, 1.807) is 24.7 Å². The Hall–Kier alpha value is -1.79. The van der Waals surface area contributed by atoms with Crippen molar-refractivity contribution in [3.63, 3.8) is 0 Å². The van der Waals surface area contributed by atoms with Crippen molar-refractivity contribution in [2.75, 3.05) is 0 Å². The van der Waals surface area contributed by atoms with E-state index in [4.69, 9.17) is 0 Å². The molecule has 0 saturated heterocycles. The molecule has 0 aliphatic rings. The van der Waals surface area contributed by atoms with Gasteiger partial charge in [-0.05, 0) is 13.0 Å². The molecular weight excluding hydrogens is 221 g/mol. The number of halogens is 3. The van der Waals surface area contributed by atoms with Crippen molar-refractivity contribution in [2.24, 2.45) is 7.05 Å². The highest BCUT2D eigenvalue weighted by molar-refractivity contribution is 5.24. The summed E-state index contributed by atoms with van der Waals surface area (Å²) in [6.45, 7) is 1.55. The molecule has 16 heavy (non-hydrogen) atoms. The van der Waals surface area contributed by atoms with E-state index in [1.165, 1.54) is 11.0 Å². The zero-order valence-electron chi connectivity index (χ0n) is 8.65. The fraction of sp³-hybridized carbons (Fsp3) is 0.333. The Bertz CT molecular complexity index is 509. The van der Waals surface area contributed by atoms with Crippen LogP contribution in [0.1, 0.15) is 11.4 Å². The summed E-state index contributed by atoms with van der Waals surface area (Å²) in [6.07, 6.45) is -1.32. The van der Waals surface area contributed by atoms with Crippen molar-refractivity contribution in [3.8, 4) is 5.82 Å². The molecule has 2 aromatic heterocycles. The average Bonchev–Trinajstić information content (AvgIpc) is 2.70. The molecule has 0 saturated carbocycles. The minimum Gasteiger partial charge on any atom is -0.338 e. The maximum Gasteiger partial charge on any atom is 0.435 e. The van der Waals surface area contributed by atoms with Crippen LogP contribution >= 0.6 is 0 Å². The van der Waals surface area contributed by atoms with Gasteiger partial charge in [-0.1, -0.05) is 0 Å². The summed E-state index contributed by atoms with van der Waals surface area (Å²) in [5.74, 6) is 0.371. The number of nitrogens with zero attached hydrogens (tertiary/aromatic N) is 4. The van der Waals surface area contributed by atoms with E-state index in [9.17, 15) is 13.2 Å². The number of aromatic nitrogens is 4. The van der Waals surface area contributed by atoms with Gasteiger partial charge >= 0.3 is 6.18 Å². The Morgan fingerprint density at radius 3 is 2.44 bits per heavy atom. The van der Waals surface area contributed by atoms with Crippen molar-refractivity contribution >= 4 is 0 Å². The molecule has 0 aromatic carbocycles. The Morgan fingerprint density at radius 2 is 2.00 bits per heavy atom. The van der Waals surface area contributed by atoms with Crippen LogP contribution in [0.25, 0.3) is 5.82 Å². The van der Waals surface area contributed by atoms with Crippen molar-refractivity contribution in [1.82, 2.24) is 19.3 Å². The molecule has 7 heteroatoms. The van der Waals surface area contributed by atoms with Gasteiger partial charge in [-0.15, -0.1) is 0 Å². The van der Waals surface area contributed by atoms with Gasteiger partial charge in [-0.2, -0.15) is 18.3 Å². The normalized spacial score (nSPS) is 12.1. The van der Waals surface area contributed by atoms with E-state index in [0.29, 0.717) is 11.5 Å². The quantitative estimate of drug-likeness (QED) is 0.750. The molecule has 0 fully saturated rings. The zero-order valence-corrected chi connectivity index (χ0v) is 8.65. The summed E-state index contributed by atoms with van der Waals surface area (Å²) in [4.78, 5) is 3.94. The van der Waals surface area contributed by atoms with Crippen LogP contribution in [-0.2, 0) is 13.2 Å². The molecule has 2 aromatic rings. The number of imidazole rings is 1. The first-order chi connectivity index (χ1) is 7.38. The van der Waals surface area contributed by atoms with Crippen LogP contribution in [0.3, 0.4) is 0 Å². The van der Waals surface area contributed by atoms with Gasteiger partial charge in [0.25, 0.3) is 0 Å². The molecule has 2 heterocycles. The van der Waals surface area contributed by atoms with Crippen LogP contribution in [0.15, 0.2) is 18.6 Å². The van der Waals surface area contributed by atoms with Crippen LogP contribution in [0.2, 0.25) is 0 Å². The third-order valence-corrected chi connectivity index (χ3v) is 2.09. The van der Waals surface area contributed by atoms with Gasteiger partial charge in [0.2, 0.25) is 0 Å². The lowest BCUT2D eigenvalue weighted by Gasteiger charge is -2.00. The summed E-state index contributed by atoms with van der Waals surface area (Å²) in [6, 6.07) is 0.995. The van der Waals surface area contributed by atoms with Gasteiger partial charge in [-0.25, -0.2) is 9.67 Å². The first-order valence-electron chi connectivity index (χ1n) is 4.50. The second-order valence-electron chi connectivity index (χ2n) is 3.48. The van der Waals surface area contributed by atoms with E-state index in [2.05, 4.69) is 10.1 Å². The molecule has 0 amide bonds. The van der Waals surface area contributed by atoms with Gasteiger partial charge in [0, 0.05) is 18.9 Å². The fourth-order valence-corrected chi connectivity index (χ4v) is 1.35. The third kappa shape index (κ3) is 1.80. The van der Waals surface area contributed by atoms with Crippen molar-refractivity contribution in [1.29, 1.82) is 0 Å². The van der Waals surface area contributed by atoms with Crippen LogP contribution in [0.4, 0.5) is 13.2 Å².